The van der Waals surface area contributed by atoms with Crippen molar-refractivity contribution in [1.82, 2.24) is 9.78 Å². The van der Waals surface area contributed by atoms with Crippen LogP contribution in [0.2, 0.25) is 5.02 Å². The summed E-state index contributed by atoms with van der Waals surface area (Å²) in [5, 5.41) is 8.21. The molecule has 0 spiro atoms. The van der Waals surface area contributed by atoms with Crippen LogP contribution in [0, 0.1) is 0 Å². The van der Waals surface area contributed by atoms with Crippen LogP contribution in [0.5, 0.6) is 0 Å². The van der Waals surface area contributed by atoms with Crippen molar-refractivity contribution in [2.75, 3.05) is 24.4 Å². The number of aromatic nitrogens is 2. The summed E-state index contributed by atoms with van der Waals surface area (Å²) >= 11 is 6.05. The third kappa shape index (κ3) is 5.27. The Bertz CT molecular complexity index is 1290. The molecule has 4 aromatic rings. The van der Waals surface area contributed by atoms with Crippen molar-refractivity contribution in [2.45, 2.75) is 6.54 Å². The van der Waals surface area contributed by atoms with Gasteiger partial charge in [0.1, 0.15) is 5.69 Å². The summed E-state index contributed by atoms with van der Waals surface area (Å²) in [4.78, 5) is 26.3. The van der Waals surface area contributed by atoms with E-state index in [2.05, 4.69) is 10.4 Å². The van der Waals surface area contributed by atoms with E-state index in [9.17, 15) is 9.59 Å². The van der Waals surface area contributed by atoms with Crippen LogP contribution in [-0.4, -0.2) is 35.9 Å². The van der Waals surface area contributed by atoms with Crippen molar-refractivity contribution >= 4 is 35.0 Å². The van der Waals surface area contributed by atoms with E-state index < -0.39 is 6.09 Å². The molecule has 1 heterocycles. The molecule has 0 aliphatic carbocycles. The molecule has 34 heavy (non-hydrogen) atoms. The molecule has 172 valence electrons. The first-order valence-corrected chi connectivity index (χ1v) is 10.9. The first kappa shape index (κ1) is 23.1. The molecule has 0 fully saturated rings. The maximum Gasteiger partial charge on any atom is 0.413 e. The Morgan fingerprint density at radius 3 is 2.32 bits per heavy atom. The first-order valence-electron chi connectivity index (χ1n) is 10.5. The number of carbonyl (C=O) groups excluding carboxylic acids is 2. The number of hydrogen-bond donors (Lipinski definition) is 1. The van der Waals surface area contributed by atoms with Gasteiger partial charge in [-0.25, -0.2) is 4.79 Å². The predicted octanol–water partition coefficient (Wildman–Crippen LogP) is 5.71. The largest absolute Gasteiger partial charge is 0.452 e. The van der Waals surface area contributed by atoms with Gasteiger partial charge in [-0.3, -0.25) is 14.4 Å². The third-order valence-corrected chi connectivity index (χ3v) is 5.52. The van der Waals surface area contributed by atoms with Gasteiger partial charge in [-0.15, -0.1) is 0 Å². The highest BCUT2D eigenvalue weighted by Crippen LogP contribution is 2.26. The van der Waals surface area contributed by atoms with Crippen molar-refractivity contribution in [3.05, 3.63) is 101 Å². The lowest BCUT2D eigenvalue weighted by atomic mass is 10.1. The van der Waals surface area contributed by atoms with Gasteiger partial charge in [-0.2, -0.15) is 5.10 Å². The molecule has 1 N–H and O–H groups in total. The van der Waals surface area contributed by atoms with Crippen LogP contribution in [0.25, 0.3) is 11.3 Å². The number of ether oxygens (including phenoxy) is 1. The van der Waals surface area contributed by atoms with Crippen LogP contribution in [-0.2, 0) is 11.3 Å². The summed E-state index contributed by atoms with van der Waals surface area (Å²) in [6.45, 7) is 0.531. The van der Waals surface area contributed by atoms with Crippen LogP contribution < -0.4 is 10.2 Å². The highest BCUT2D eigenvalue weighted by Gasteiger charge is 2.19. The smallest absolute Gasteiger partial charge is 0.413 e. The van der Waals surface area contributed by atoms with E-state index in [1.807, 2.05) is 42.5 Å². The number of benzene rings is 3. The normalized spacial score (nSPS) is 10.6. The molecule has 2 amide bonds. The molecule has 0 unspecified atom stereocenters. The Labute approximate surface area is 202 Å². The fourth-order valence-electron chi connectivity index (χ4n) is 3.47. The zero-order valence-corrected chi connectivity index (χ0v) is 19.5. The summed E-state index contributed by atoms with van der Waals surface area (Å²) in [5.74, 6) is -0.293. The predicted molar refractivity (Wildman–Crippen MR) is 133 cm³/mol. The van der Waals surface area contributed by atoms with Crippen molar-refractivity contribution in [2.24, 2.45) is 0 Å². The average Bonchev–Trinajstić information content (AvgIpc) is 3.28. The fraction of sp³-hybridized carbons (Fsp3) is 0.115. The van der Waals surface area contributed by atoms with E-state index in [4.69, 9.17) is 16.3 Å². The number of carbonyl (C=O) groups is 2. The quantitative estimate of drug-likeness (QED) is 0.388. The topological polar surface area (TPSA) is 76.5 Å². The maximum atomic E-state index is 13.2. The molecule has 0 atom stereocenters. The van der Waals surface area contributed by atoms with Crippen LogP contribution >= 0.6 is 11.6 Å². The van der Waals surface area contributed by atoms with Crippen LogP contribution in [0.1, 0.15) is 15.9 Å². The van der Waals surface area contributed by atoms with Gasteiger partial charge < -0.3 is 10.1 Å². The molecule has 0 aliphatic heterocycles. The number of methoxy groups -OCH3 is 1. The number of rotatable bonds is 6. The Morgan fingerprint density at radius 1 is 1.00 bits per heavy atom. The van der Waals surface area contributed by atoms with Crippen LogP contribution in [0.15, 0.2) is 85.1 Å². The Kier molecular flexibility index (Phi) is 6.94. The maximum absolute atomic E-state index is 13.2. The van der Waals surface area contributed by atoms with Crippen LogP contribution in [0.3, 0.4) is 0 Å². The molecule has 3 aromatic carbocycles. The summed E-state index contributed by atoms with van der Waals surface area (Å²) in [7, 11) is 2.93. The number of nitrogens with zero attached hydrogens (tertiary/aromatic N) is 3. The summed E-state index contributed by atoms with van der Waals surface area (Å²) in [5.41, 5.74) is 4.09. The van der Waals surface area contributed by atoms with Gasteiger partial charge in [0.25, 0.3) is 5.91 Å². The monoisotopic (exact) mass is 474 g/mol. The number of amides is 2. The van der Waals surface area contributed by atoms with Gasteiger partial charge >= 0.3 is 6.09 Å². The Morgan fingerprint density at radius 2 is 1.68 bits per heavy atom. The Hall–Kier alpha value is -4.10. The second-order valence-electron chi connectivity index (χ2n) is 7.61. The van der Waals surface area contributed by atoms with E-state index in [0.29, 0.717) is 34.2 Å². The molecular formula is C26H23ClN4O3. The molecule has 7 nitrogen and oxygen atoms in total. The van der Waals surface area contributed by atoms with Gasteiger partial charge in [-0.1, -0.05) is 54.1 Å². The molecule has 1 aromatic heterocycles. The van der Waals surface area contributed by atoms with Gasteiger partial charge in [-0.05, 0) is 42.0 Å². The standard InChI is InChI=1S/C26H23ClN4O3/c1-30(26(33)34-2)22-14-12-21(13-15-22)28-25(32)23-17-31(16-18-6-4-3-5-7-18)29-24(23)19-8-10-20(27)11-9-19/h3-15,17H,16H2,1-2H3,(H,28,32). The minimum atomic E-state index is -0.477. The molecule has 4 rings (SSSR count). The number of nitrogens with one attached hydrogen (secondary N) is 1. The van der Waals surface area contributed by atoms with Gasteiger partial charge in [0.15, 0.2) is 0 Å². The summed E-state index contributed by atoms with van der Waals surface area (Å²) in [6.07, 6.45) is 1.27. The number of hydrogen-bond acceptors (Lipinski definition) is 4. The number of halogens is 1. The van der Waals surface area contributed by atoms with Crippen molar-refractivity contribution in [1.29, 1.82) is 0 Å². The molecule has 0 aliphatic rings. The lowest BCUT2D eigenvalue weighted by Crippen LogP contribution is -2.25. The average molecular weight is 475 g/mol. The molecule has 8 heteroatoms. The van der Waals surface area contributed by atoms with E-state index >= 15 is 0 Å². The minimum absolute atomic E-state index is 0.293. The Balaban J connectivity index is 1.60. The van der Waals surface area contributed by atoms with E-state index in [0.717, 1.165) is 11.1 Å². The highest BCUT2D eigenvalue weighted by atomic mass is 35.5. The molecular weight excluding hydrogens is 452 g/mol. The lowest BCUT2D eigenvalue weighted by molar-refractivity contribution is 0.102. The van der Waals surface area contributed by atoms with Crippen molar-refractivity contribution < 1.29 is 14.3 Å². The van der Waals surface area contributed by atoms with Crippen molar-refractivity contribution in [3.63, 3.8) is 0 Å². The molecule has 0 radical (unpaired) electrons. The van der Waals surface area contributed by atoms with Crippen molar-refractivity contribution in [3.8, 4) is 11.3 Å². The molecule has 0 saturated heterocycles. The highest BCUT2D eigenvalue weighted by molar-refractivity contribution is 6.30. The van der Waals surface area contributed by atoms with E-state index in [1.165, 1.54) is 12.0 Å². The van der Waals surface area contributed by atoms with Crippen LogP contribution in [0.4, 0.5) is 16.2 Å². The SMILES string of the molecule is COC(=O)N(C)c1ccc(NC(=O)c2cn(Cc3ccccc3)nc2-c2ccc(Cl)cc2)cc1. The second-order valence-corrected chi connectivity index (χ2v) is 8.05. The zero-order chi connectivity index (χ0) is 24.1. The van der Waals surface area contributed by atoms with E-state index in [1.54, 1.807) is 54.3 Å². The van der Waals surface area contributed by atoms with E-state index in [-0.39, 0.29) is 5.91 Å². The third-order valence-electron chi connectivity index (χ3n) is 5.27. The van der Waals surface area contributed by atoms with Gasteiger partial charge in [0, 0.05) is 35.2 Å². The van der Waals surface area contributed by atoms with Gasteiger partial charge in [0.05, 0.1) is 19.2 Å². The fourth-order valence-corrected chi connectivity index (χ4v) is 3.60. The van der Waals surface area contributed by atoms with Gasteiger partial charge in [0.2, 0.25) is 0 Å². The first-order chi connectivity index (χ1) is 16.4. The molecule has 0 saturated carbocycles. The second kappa shape index (κ2) is 10.2. The summed E-state index contributed by atoms with van der Waals surface area (Å²) in [6, 6.07) is 24.0. The minimum Gasteiger partial charge on any atom is -0.452 e. The summed E-state index contributed by atoms with van der Waals surface area (Å²) < 4.78 is 6.48. The molecule has 0 bridgehead atoms. The number of anilines is 2. The lowest BCUT2D eigenvalue weighted by Gasteiger charge is -2.16. The zero-order valence-electron chi connectivity index (χ0n) is 18.7.